The predicted molar refractivity (Wildman–Crippen MR) is 55.6 cm³/mol. The maximum absolute atomic E-state index is 10.9. The van der Waals surface area contributed by atoms with Crippen LogP contribution in [0.1, 0.15) is 16.2 Å². The summed E-state index contributed by atoms with van der Waals surface area (Å²) in [6, 6.07) is 5.07. The smallest absolute Gasteiger partial charge is 0.337 e. The van der Waals surface area contributed by atoms with Gasteiger partial charge in [-0.25, -0.2) is 9.78 Å². The van der Waals surface area contributed by atoms with Crippen LogP contribution in [0.4, 0.5) is 0 Å². The number of fused-ring (bicyclic) bond motifs is 1. The summed E-state index contributed by atoms with van der Waals surface area (Å²) in [6.07, 6.45) is 0. The third-order valence-electron chi connectivity index (χ3n) is 2.42. The fraction of sp³-hybridized carbons (Fsp3) is 0.200. The first kappa shape index (κ1) is 9.67. The van der Waals surface area contributed by atoms with E-state index in [1.165, 1.54) is 6.07 Å². The molecule has 1 heterocycles. The van der Waals surface area contributed by atoms with E-state index < -0.39 is 5.97 Å². The molecule has 0 aliphatic heterocycles. The molecule has 0 bridgehead atoms. The van der Waals surface area contributed by atoms with Crippen molar-refractivity contribution in [1.29, 1.82) is 0 Å². The van der Waals surface area contributed by atoms with Crippen LogP contribution in [0.5, 0.6) is 0 Å². The molecule has 0 spiro atoms. The molecule has 0 atom stereocenters. The van der Waals surface area contributed by atoms with Crippen LogP contribution >= 0.6 is 0 Å². The molecule has 0 saturated carbocycles. The summed E-state index contributed by atoms with van der Waals surface area (Å²) in [4.78, 5) is 15.2. The number of hydrogen-bond donors (Lipinski definition) is 2. The molecule has 1 aromatic carbocycles. The van der Waals surface area contributed by atoms with Crippen LogP contribution in [0.2, 0.25) is 0 Å². The Kier molecular flexibility index (Phi) is 2.17. The second-order valence-electron chi connectivity index (χ2n) is 3.27. The first-order valence-electron chi connectivity index (χ1n) is 4.53. The average molecular weight is 205 g/mol. The Morgan fingerprint density at radius 1 is 1.60 bits per heavy atom. The number of aromatic carboxylic acids is 1. The molecule has 2 rings (SSSR count). The SMILES string of the molecule is Cn1c(CN)nc2c(C(=O)O)cccc21. The minimum Gasteiger partial charge on any atom is -0.478 e. The number of para-hydroxylation sites is 1. The fourth-order valence-electron chi connectivity index (χ4n) is 1.62. The molecular weight excluding hydrogens is 194 g/mol. The number of carboxylic acid groups (broad SMARTS) is 1. The molecule has 2 aromatic rings. The molecule has 15 heavy (non-hydrogen) atoms. The van der Waals surface area contributed by atoms with Gasteiger partial charge in [0, 0.05) is 7.05 Å². The molecule has 3 N–H and O–H groups in total. The largest absolute Gasteiger partial charge is 0.478 e. The third-order valence-corrected chi connectivity index (χ3v) is 2.42. The van der Waals surface area contributed by atoms with Crippen molar-refractivity contribution in [3.8, 4) is 0 Å². The number of nitrogens with two attached hydrogens (primary N) is 1. The number of aromatic nitrogens is 2. The van der Waals surface area contributed by atoms with Crippen LogP contribution in [0.3, 0.4) is 0 Å². The lowest BCUT2D eigenvalue weighted by Gasteiger charge is -1.98. The average Bonchev–Trinajstić information content (AvgIpc) is 2.55. The van der Waals surface area contributed by atoms with Gasteiger partial charge in [0.15, 0.2) is 0 Å². The lowest BCUT2D eigenvalue weighted by atomic mass is 10.2. The van der Waals surface area contributed by atoms with Crippen molar-refractivity contribution in [3.63, 3.8) is 0 Å². The second kappa shape index (κ2) is 3.36. The van der Waals surface area contributed by atoms with Crippen LogP contribution in [0.25, 0.3) is 11.0 Å². The number of nitrogens with zero attached hydrogens (tertiary/aromatic N) is 2. The number of aryl methyl sites for hydroxylation is 1. The standard InChI is InChI=1S/C10H11N3O2/c1-13-7-4-2-3-6(10(14)15)9(7)12-8(13)5-11/h2-4H,5,11H2,1H3,(H,14,15). The first-order chi connectivity index (χ1) is 7.15. The van der Waals surface area contributed by atoms with Gasteiger partial charge in [0.05, 0.1) is 17.6 Å². The van der Waals surface area contributed by atoms with Crippen molar-refractivity contribution in [2.45, 2.75) is 6.54 Å². The summed E-state index contributed by atoms with van der Waals surface area (Å²) in [6.45, 7) is 0.296. The predicted octanol–water partition coefficient (Wildman–Crippen LogP) is 0.730. The summed E-state index contributed by atoms with van der Waals surface area (Å²) >= 11 is 0. The summed E-state index contributed by atoms with van der Waals surface area (Å²) in [5.41, 5.74) is 7.00. The van der Waals surface area contributed by atoms with E-state index in [1.807, 2.05) is 17.7 Å². The highest BCUT2D eigenvalue weighted by Crippen LogP contribution is 2.18. The quantitative estimate of drug-likeness (QED) is 0.757. The summed E-state index contributed by atoms with van der Waals surface area (Å²) in [7, 11) is 1.82. The van der Waals surface area contributed by atoms with Gasteiger partial charge in [-0.2, -0.15) is 0 Å². The molecule has 78 valence electrons. The van der Waals surface area contributed by atoms with Gasteiger partial charge in [-0.05, 0) is 12.1 Å². The molecule has 0 fully saturated rings. The number of imidazole rings is 1. The van der Waals surface area contributed by atoms with Gasteiger partial charge in [-0.1, -0.05) is 6.07 Å². The molecule has 0 aliphatic rings. The monoisotopic (exact) mass is 205 g/mol. The second-order valence-corrected chi connectivity index (χ2v) is 3.27. The van der Waals surface area contributed by atoms with Gasteiger partial charge in [-0.3, -0.25) is 0 Å². The minimum atomic E-state index is -0.970. The van der Waals surface area contributed by atoms with Crippen molar-refractivity contribution < 1.29 is 9.90 Å². The highest BCUT2D eigenvalue weighted by molar-refractivity contribution is 6.01. The Bertz CT molecular complexity index is 531. The molecule has 0 saturated heterocycles. The van der Waals surface area contributed by atoms with Gasteiger partial charge in [0.1, 0.15) is 11.3 Å². The molecule has 0 unspecified atom stereocenters. The summed E-state index contributed by atoms with van der Waals surface area (Å²) in [5, 5.41) is 8.98. The number of carbonyl (C=O) groups is 1. The summed E-state index contributed by atoms with van der Waals surface area (Å²) in [5.74, 6) is -0.291. The lowest BCUT2D eigenvalue weighted by molar-refractivity contribution is 0.0699. The molecule has 0 aliphatic carbocycles. The minimum absolute atomic E-state index is 0.211. The van der Waals surface area contributed by atoms with Crippen LogP contribution in [-0.2, 0) is 13.6 Å². The Morgan fingerprint density at radius 2 is 2.33 bits per heavy atom. The van der Waals surface area contributed by atoms with E-state index in [0.29, 0.717) is 17.9 Å². The van der Waals surface area contributed by atoms with Crippen LogP contribution in [0.15, 0.2) is 18.2 Å². The van der Waals surface area contributed by atoms with Gasteiger partial charge in [0.25, 0.3) is 0 Å². The molecule has 0 radical (unpaired) electrons. The van der Waals surface area contributed by atoms with E-state index in [0.717, 1.165) is 5.52 Å². The number of benzene rings is 1. The number of carboxylic acids is 1. The fourth-order valence-corrected chi connectivity index (χ4v) is 1.62. The highest BCUT2D eigenvalue weighted by atomic mass is 16.4. The zero-order valence-corrected chi connectivity index (χ0v) is 8.27. The van der Waals surface area contributed by atoms with E-state index in [1.54, 1.807) is 6.07 Å². The maximum atomic E-state index is 10.9. The Labute approximate surface area is 86.1 Å². The maximum Gasteiger partial charge on any atom is 0.337 e. The van der Waals surface area contributed by atoms with Crippen LogP contribution in [0, 0.1) is 0 Å². The lowest BCUT2D eigenvalue weighted by Crippen LogP contribution is -2.04. The van der Waals surface area contributed by atoms with Crippen molar-refractivity contribution in [1.82, 2.24) is 9.55 Å². The van der Waals surface area contributed by atoms with Crippen molar-refractivity contribution in [2.75, 3.05) is 0 Å². The topological polar surface area (TPSA) is 81.1 Å². The Hall–Kier alpha value is -1.88. The zero-order chi connectivity index (χ0) is 11.0. The Morgan fingerprint density at radius 3 is 2.93 bits per heavy atom. The highest BCUT2D eigenvalue weighted by Gasteiger charge is 2.13. The van der Waals surface area contributed by atoms with E-state index in [4.69, 9.17) is 10.8 Å². The van der Waals surface area contributed by atoms with Crippen molar-refractivity contribution in [2.24, 2.45) is 12.8 Å². The summed E-state index contributed by atoms with van der Waals surface area (Å²) < 4.78 is 1.81. The first-order valence-corrected chi connectivity index (χ1v) is 4.53. The van der Waals surface area contributed by atoms with E-state index in [-0.39, 0.29) is 5.56 Å². The van der Waals surface area contributed by atoms with Gasteiger partial charge >= 0.3 is 5.97 Å². The molecule has 1 aromatic heterocycles. The van der Waals surface area contributed by atoms with Crippen molar-refractivity contribution in [3.05, 3.63) is 29.6 Å². The van der Waals surface area contributed by atoms with E-state index >= 15 is 0 Å². The Balaban J connectivity index is 2.81. The van der Waals surface area contributed by atoms with Gasteiger partial charge in [-0.15, -0.1) is 0 Å². The van der Waals surface area contributed by atoms with E-state index in [9.17, 15) is 4.79 Å². The van der Waals surface area contributed by atoms with E-state index in [2.05, 4.69) is 4.98 Å². The zero-order valence-electron chi connectivity index (χ0n) is 8.27. The molecule has 5 nitrogen and oxygen atoms in total. The van der Waals surface area contributed by atoms with Crippen LogP contribution in [-0.4, -0.2) is 20.6 Å². The van der Waals surface area contributed by atoms with Gasteiger partial charge < -0.3 is 15.4 Å². The molecular formula is C10H11N3O2. The number of rotatable bonds is 2. The molecule has 5 heteroatoms. The van der Waals surface area contributed by atoms with Gasteiger partial charge in [0.2, 0.25) is 0 Å². The molecule has 0 amide bonds. The van der Waals surface area contributed by atoms with Crippen molar-refractivity contribution >= 4 is 17.0 Å². The third kappa shape index (κ3) is 1.37. The number of hydrogen-bond acceptors (Lipinski definition) is 3. The van der Waals surface area contributed by atoms with Crippen LogP contribution < -0.4 is 5.73 Å². The normalized spacial score (nSPS) is 10.8.